The molecule has 1 heterocycles. The van der Waals surface area contributed by atoms with E-state index in [4.69, 9.17) is 21.2 Å². The Kier molecular flexibility index (Phi) is 4.66. The number of carbonyl (C=O) groups is 1. The minimum Gasteiger partial charge on any atom is -0.495 e. The Morgan fingerprint density at radius 1 is 1.33 bits per heavy atom. The van der Waals surface area contributed by atoms with Gasteiger partial charge in [0.15, 0.2) is 0 Å². The average Bonchev–Trinajstić information content (AvgIpc) is 3.05. The average molecular weight is 349 g/mol. The maximum absolute atomic E-state index is 13.9. The van der Waals surface area contributed by atoms with Crippen LogP contribution in [0.25, 0.3) is 0 Å². The minimum absolute atomic E-state index is 0.127. The molecule has 2 aromatic carbocycles. The van der Waals surface area contributed by atoms with Gasteiger partial charge in [-0.25, -0.2) is 4.39 Å². The topological polar surface area (TPSA) is 59.9 Å². The van der Waals surface area contributed by atoms with E-state index >= 15 is 0 Å². The lowest BCUT2D eigenvalue weighted by Gasteiger charge is -2.12. The van der Waals surface area contributed by atoms with Crippen molar-refractivity contribution in [3.05, 3.63) is 58.9 Å². The zero-order chi connectivity index (χ0) is 17.1. The largest absolute Gasteiger partial charge is 0.495 e. The van der Waals surface area contributed by atoms with Crippen LogP contribution in [0.1, 0.15) is 12.0 Å². The highest BCUT2D eigenvalue weighted by atomic mass is 35.5. The van der Waals surface area contributed by atoms with Crippen molar-refractivity contribution in [1.82, 2.24) is 0 Å². The number of hydrogen-bond acceptors (Lipinski definition) is 4. The molecule has 124 valence electrons. The van der Waals surface area contributed by atoms with Gasteiger partial charge in [-0.15, -0.1) is 0 Å². The lowest BCUT2D eigenvalue weighted by Crippen LogP contribution is -2.28. The van der Waals surface area contributed by atoms with E-state index in [0.29, 0.717) is 17.1 Å². The van der Waals surface area contributed by atoms with E-state index < -0.39 is 17.8 Å². The van der Waals surface area contributed by atoms with Crippen LogP contribution in [0.4, 0.5) is 10.1 Å². The molecule has 0 spiro atoms. The standard InChI is InChI=1S/C17H14ClFN2O3/c1-23-14-8-3-2-7-12(14)20-17(22)15-9-13(21-24-15)16-10(18)5-4-6-11(16)19/h2-8,15H,9H2,1H3,(H,20,22). The van der Waals surface area contributed by atoms with Gasteiger partial charge in [0.05, 0.1) is 29.1 Å². The first-order chi connectivity index (χ1) is 11.6. The molecule has 24 heavy (non-hydrogen) atoms. The molecule has 0 saturated heterocycles. The molecule has 0 bridgehead atoms. The van der Waals surface area contributed by atoms with Crippen LogP contribution in [0.5, 0.6) is 5.75 Å². The minimum atomic E-state index is -0.861. The molecule has 0 saturated carbocycles. The van der Waals surface area contributed by atoms with Crippen LogP contribution in [0.15, 0.2) is 47.6 Å². The predicted molar refractivity (Wildman–Crippen MR) is 89.1 cm³/mol. The van der Waals surface area contributed by atoms with Gasteiger partial charge in [0.2, 0.25) is 6.10 Å². The molecule has 1 aliphatic heterocycles. The molecule has 5 nitrogen and oxygen atoms in total. The second-order valence-electron chi connectivity index (χ2n) is 5.12. The Morgan fingerprint density at radius 2 is 2.12 bits per heavy atom. The normalized spacial score (nSPS) is 16.3. The third-order valence-electron chi connectivity index (χ3n) is 3.58. The van der Waals surface area contributed by atoms with Crippen LogP contribution in [-0.4, -0.2) is 24.8 Å². The maximum atomic E-state index is 13.9. The van der Waals surface area contributed by atoms with Crippen molar-refractivity contribution in [3.63, 3.8) is 0 Å². The van der Waals surface area contributed by atoms with E-state index in [9.17, 15) is 9.18 Å². The fraction of sp³-hybridized carbons (Fsp3) is 0.176. The number of anilines is 1. The van der Waals surface area contributed by atoms with E-state index in [-0.39, 0.29) is 17.0 Å². The van der Waals surface area contributed by atoms with Crippen molar-refractivity contribution < 1.29 is 18.8 Å². The number of oxime groups is 1. The van der Waals surface area contributed by atoms with Crippen LogP contribution in [-0.2, 0) is 9.63 Å². The maximum Gasteiger partial charge on any atom is 0.268 e. The quantitative estimate of drug-likeness (QED) is 0.918. The summed E-state index contributed by atoms with van der Waals surface area (Å²) in [4.78, 5) is 17.5. The fourth-order valence-electron chi connectivity index (χ4n) is 2.40. The lowest BCUT2D eigenvalue weighted by atomic mass is 10.0. The van der Waals surface area contributed by atoms with Gasteiger partial charge in [-0.1, -0.05) is 35.0 Å². The highest BCUT2D eigenvalue weighted by Gasteiger charge is 2.31. The first kappa shape index (κ1) is 16.3. The molecule has 1 unspecified atom stereocenters. The molecule has 1 aliphatic rings. The van der Waals surface area contributed by atoms with Gasteiger partial charge in [-0.05, 0) is 24.3 Å². The van der Waals surface area contributed by atoms with Crippen molar-refractivity contribution in [2.45, 2.75) is 12.5 Å². The van der Waals surface area contributed by atoms with Gasteiger partial charge >= 0.3 is 0 Å². The number of nitrogens with one attached hydrogen (secondary N) is 1. The summed E-state index contributed by atoms with van der Waals surface area (Å²) in [6.45, 7) is 0. The first-order valence-electron chi connectivity index (χ1n) is 7.21. The van der Waals surface area contributed by atoms with Gasteiger partial charge in [0.25, 0.3) is 5.91 Å². The zero-order valence-corrected chi connectivity index (χ0v) is 13.5. The fourth-order valence-corrected chi connectivity index (χ4v) is 2.67. The number of hydrogen-bond donors (Lipinski definition) is 1. The number of rotatable bonds is 4. The lowest BCUT2D eigenvalue weighted by molar-refractivity contribution is -0.125. The second kappa shape index (κ2) is 6.88. The molecule has 7 heteroatoms. The van der Waals surface area contributed by atoms with Crippen molar-refractivity contribution in [3.8, 4) is 5.75 Å². The molecule has 1 amide bonds. The number of nitrogens with zero attached hydrogens (tertiary/aromatic N) is 1. The Bertz CT molecular complexity index is 790. The molecule has 0 aromatic heterocycles. The van der Waals surface area contributed by atoms with Crippen LogP contribution >= 0.6 is 11.6 Å². The summed E-state index contributed by atoms with van der Waals surface area (Å²) < 4.78 is 19.1. The van der Waals surface area contributed by atoms with Gasteiger partial charge in [-0.3, -0.25) is 4.79 Å². The summed E-state index contributed by atoms with van der Waals surface area (Å²) >= 11 is 6.01. The number of para-hydroxylation sites is 2. The van der Waals surface area contributed by atoms with E-state index in [1.165, 1.54) is 19.2 Å². The van der Waals surface area contributed by atoms with E-state index in [1.807, 2.05) is 0 Å². The molecular weight excluding hydrogens is 335 g/mol. The number of carbonyl (C=O) groups excluding carboxylic acids is 1. The van der Waals surface area contributed by atoms with Crippen molar-refractivity contribution in [2.24, 2.45) is 5.16 Å². The molecule has 2 aromatic rings. The monoisotopic (exact) mass is 348 g/mol. The first-order valence-corrected chi connectivity index (χ1v) is 7.59. The third kappa shape index (κ3) is 3.19. The van der Waals surface area contributed by atoms with Gasteiger partial charge < -0.3 is 14.9 Å². The summed E-state index contributed by atoms with van der Waals surface area (Å²) in [6, 6.07) is 11.4. The molecule has 0 radical (unpaired) electrons. The number of methoxy groups -OCH3 is 1. The van der Waals surface area contributed by atoms with E-state index in [2.05, 4.69) is 10.5 Å². The molecule has 1 N–H and O–H groups in total. The zero-order valence-electron chi connectivity index (χ0n) is 12.8. The predicted octanol–water partition coefficient (Wildman–Crippen LogP) is 3.62. The summed E-state index contributed by atoms with van der Waals surface area (Å²) in [5.74, 6) is -0.372. The SMILES string of the molecule is COc1ccccc1NC(=O)C1CC(c2c(F)cccc2Cl)=NO1. The van der Waals surface area contributed by atoms with Crippen molar-refractivity contribution in [1.29, 1.82) is 0 Å². The van der Waals surface area contributed by atoms with Crippen LogP contribution in [0.3, 0.4) is 0 Å². The Balaban J connectivity index is 1.72. The van der Waals surface area contributed by atoms with Gasteiger partial charge in [0, 0.05) is 6.42 Å². The summed E-state index contributed by atoms with van der Waals surface area (Å²) in [5.41, 5.74) is 0.982. The van der Waals surface area contributed by atoms with E-state index in [1.54, 1.807) is 30.3 Å². The summed E-state index contributed by atoms with van der Waals surface area (Å²) in [6.07, 6.45) is -0.734. The number of halogens is 2. The second-order valence-corrected chi connectivity index (χ2v) is 5.53. The molecular formula is C17H14ClFN2O3. The molecule has 0 aliphatic carbocycles. The highest BCUT2D eigenvalue weighted by Crippen LogP contribution is 2.27. The van der Waals surface area contributed by atoms with Gasteiger partial charge in [0.1, 0.15) is 11.6 Å². The highest BCUT2D eigenvalue weighted by molar-refractivity contribution is 6.34. The van der Waals surface area contributed by atoms with E-state index in [0.717, 1.165) is 0 Å². The number of benzene rings is 2. The van der Waals surface area contributed by atoms with Crippen molar-refractivity contribution >= 4 is 28.9 Å². The Labute approximate surface area is 143 Å². The van der Waals surface area contributed by atoms with Gasteiger partial charge in [-0.2, -0.15) is 0 Å². The van der Waals surface area contributed by atoms with Crippen LogP contribution in [0, 0.1) is 5.82 Å². The summed E-state index contributed by atoms with van der Waals surface area (Å²) in [7, 11) is 1.51. The van der Waals surface area contributed by atoms with Crippen LogP contribution in [0.2, 0.25) is 5.02 Å². The Hall–Kier alpha value is -2.60. The van der Waals surface area contributed by atoms with Crippen LogP contribution < -0.4 is 10.1 Å². The molecule has 3 rings (SSSR count). The molecule has 1 atom stereocenters. The third-order valence-corrected chi connectivity index (χ3v) is 3.89. The summed E-state index contributed by atoms with van der Waals surface area (Å²) in [5, 5.41) is 6.76. The number of amides is 1. The Morgan fingerprint density at radius 3 is 2.88 bits per heavy atom. The van der Waals surface area contributed by atoms with Crippen molar-refractivity contribution in [2.75, 3.05) is 12.4 Å². The smallest absolute Gasteiger partial charge is 0.268 e. The molecule has 0 fully saturated rings. The number of ether oxygens (including phenoxy) is 1.